The zero-order chi connectivity index (χ0) is 11.7. The van der Waals surface area contributed by atoms with E-state index in [4.69, 9.17) is 4.52 Å². The summed E-state index contributed by atoms with van der Waals surface area (Å²) in [6.07, 6.45) is 2.04. The number of nitrogens with one attached hydrogen (secondary N) is 1. The Bertz CT molecular complexity index is 290. The Morgan fingerprint density at radius 1 is 1.53 bits per heavy atom. The van der Waals surface area contributed by atoms with Gasteiger partial charge in [0.05, 0.1) is 5.69 Å². The van der Waals surface area contributed by atoms with Crippen LogP contribution in [0, 0.1) is 6.92 Å². The summed E-state index contributed by atoms with van der Waals surface area (Å²) in [5, 5.41) is 7.10. The smallest absolute Gasteiger partial charge is 0.164 e. The predicted octanol–water partition coefficient (Wildman–Crippen LogP) is 3.02. The average molecular weight is 210 g/mol. The highest BCUT2D eigenvalue weighted by Gasteiger charge is 2.05. The van der Waals surface area contributed by atoms with Crippen molar-refractivity contribution >= 4 is 5.57 Å². The molecule has 86 valence electrons. The van der Waals surface area contributed by atoms with Gasteiger partial charge in [-0.1, -0.05) is 32.0 Å². The van der Waals surface area contributed by atoms with E-state index in [2.05, 4.69) is 17.4 Å². The van der Waals surface area contributed by atoms with Gasteiger partial charge in [0.15, 0.2) is 5.76 Å². The zero-order valence-corrected chi connectivity index (χ0v) is 10.4. The highest BCUT2D eigenvalue weighted by atomic mass is 16.5. The van der Waals surface area contributed by atoms with Crippen molar-refractivity contribution in [1.82, 2.24) is 10.5 Å². The largest absolute Gasteiger partial charge is 0.356 e. The molecule has 0 unspecified atom stereocenters. The monoisotopic (exact) mass is 210 g/mol. The number of nitrogens with zero attached hydrogens (tertiary/aromatic N) is 1. The van der Waals surface area contributed by atoms with E-state index in [1.165, 1.54) is 0 Å². The van der Waals surface area contributed by atoms with E-state index >= 15 is 0 Å². The molecule has 15 heavy (non-hydrogen) atoms. The topological polar surface area (TPSA) is 38.1 Å². The molecular formula is C12H22N2O. The van der Waals surface area contributed by atoms with Gasteiger partial charge in [0, 0.05) is 18.2 Å². The first kappa shape index (κ1) is 13.9. The van der Waals surface area contributed by atoms with Gasteiger partial charge in [-0.05, 0) is 20.4 Å². The van der Waals surface area contributed by atoms with Crippen LogP contribution >= 0.6 is 0 Å². The molecule has 1 heterocycles. The summed E-state index contributed by atoms with van der Waals surface area (Å²) >= 11 is 0. The molecular weight excluding hydrogens is 188 g/mol. The van der Waals surface area contributed by atoms with Gasteiger partial charge >= 0.3 is 0 Å². The maximum Gasteiger partial charge on any atom is 0.164 e. The van der Waals surface area contributed by atoms with Gasteiger partial charge in [0.2, 0.25) is 0 Å². The van der Waals surface area contributed by atoms with Gasteiger partial charge in [0.1, 0.15) is 0 Å². The van der Waals surface area contributed by atoms with E-state index < -0.39 is 0 Å². The Morgan fingerprint density at radius 2 is 2.20 bits per heavy atom. The molecule has 1 aromatic heterocycles. The van der Waals surface area contributed by atoms with Crippen LogP contribution in [-0.4, -0.2) is 18.2 Å². The van der Waals surface area contributed by atoms with Crippen molar-refractivity contribution in [1.29, 1.82) is 0 Å². The molecule has 0 atom stereocenters. The minimum atomic E-state index is 0.835. The number of allylic oxidation sites excluding steroid dienone is 1. The second-order valence-corrected chi connectivity index (χ2v) is 2.93. The number of likely N-dealkylation sites (N-methyl/N-ethyl adjacent to an activating group) is 1. The molecule has 0 saturated heterocycles. The van der Waals surface area contributed by atoms with Gasteiger partial charge in [-0.2, -0.15) is 0 Å². The van der Waals surface area contributed by atoms with Crippen molar-refractivity contribution in [2.45, 2.75) is 34.6 Å². The van der Waals surface area contributed by atoms with Gasteiger partial charge in [-0.25, -0.2) is 0 Å². The standard InChI is InChI=1S/C10H16N2O.C2H6/c1-4-9(7-11-5-2)10-6-8(3)12-13-10;1-2/h4,6,11H,5,7H2,1-3H3;1-2H3/b9-4+;. The first-order valence-electron chi connectivity index (χ1n) is 5.57. The van der Waals surface area contributed by atoms with E-state index in [9.17, 15) is 0 Å². The molecule has 0 amide bonds. The molecule has 0 bridgehead atoms. The summed E-state index contributed by atoms with van der Waals surface area (Å²) in [6, 6.07) is 1.95. The highest BCUT2D eigenvalue weighted by Crippen LogP contribution is 2.13. The maximum absolute atomic E-state index is 5.16. The molecule has 0 aromatic carbocycles. The maximum atomic E-state index is 5.16. The first-order valence-corrected chi connectivity index (χ1v) is 5.57. The number of rotatable bonds is 4. The zero-order valence-electron chi connectivity index (χ0n) is 10.4. The summed E-state index contributed by atoms with van der Waals surface area (Å²) in [5.41, 5.74) is 2.08. The number of aryl methyl sites for hydroxylation is 1. The van der Waals surface area contributed by atoms with Crippen LogP contribution in [-0.2, 0) is 0 Å². The fourth-order valence-corrected chi connectivity index (χ4v) is 1.11. The minimum absolute atomic E-state index is 0.835. The molecule has 0 aliphatic heterocycles. The fraction of sp³-hybridized carbons (Fsp3) is 0.583. The molecule has 0 spiro atoms. The van der Waals surface area contributed by atoms with Crippen LogP contribution in [0.3, 0.4) is 0 Å². The van der Waals surface area contributed by atoms with Gasteiger partial charge in [-0.3, -0.25) is 0 Å². The molecule has 1 aromatic rings. The first-order chi connectivity index (χ1) is 7.27. The Balaban J connectivity index is 0.000000921. The lowest BCUT2D eigenvalue weighted by Gasteiger charge is -2.02. The Kier molecular flexibility index (Phi) is 7.64. The van der Waals surface area contributed by atoms with E-state index in [-0.39, 0.29) is 0 Å². The Hall–Kier alpha value is -1.09. The fourth-order valence-electron chi connectivity index (χ4n) is 1.11. The van der Waals surface area contributed by atoms with Gasteiger partial charge < -0.3 is 9.84 Å². The predicted molar refractivity (Wildman–Crippen MR) is 64.8 cm³/mol. The molecule has 0 radical (unpaired) electrons. The third kappa shape index (κ3) is 4.79. The van der Waals surface area contributed by atoms with Crippen LogP contribution in [0.2, 0.25) is 0 Å². The van der Waals surface area contributed by atoms with Crippen molar-refractivity contribution in [2.24, 2.45) is 0 Å². The number of hydrogen-bond donors (Lipinski definition) is 1. The second kappa shape index (κ2) is 8.24. The Labute approximate surface area is 92.5 Å². The molecule has 0 aliphatic rings. The summed E-state index contributed by atoms with van der Waals surface area (Å²) in [5.74, 6) is 0.862. The van der Waals surface area contributed by atoms with E-state index in [1.54, 1.807) is 0 Å². The third-order valence-corrected chi connectivity index (χ3v) is 1.86. The van der Waals surface area contributed by atoms with Crippen molar-refractivity contribution in [3.8, 4) is 0 Å². The molecule has 0 fully saturated rings. The summed E-state index contributed by atoms with van der Waals surface area (Å²) in [6.45, 7) is 11.8. The lowest BCUT2D eigenvalue weighted by molar-refractivity contribution is 0.404. The molecule has 3 heteroatoms. The van der Waals surface area contributed by atoms with E-state index in [0.29, 0.717) is 0 Å². The van der Waals surface area contributed by atoms with Crippen LogP contribution < -0.4 is 5.32 Å². The van der Waals surface area contributed by atoms with Gasteiger partial charge in [0.25, 0.3) is 0 Å². The molecule has 1 rings (SSSR count). The summed E-state index contributed by atoms with van der Waals surface area (Å²) < 4.78 is 5.16. The Morgan fingerprint density at radius 3 is 2.60 bits per heavy atom. The SMILES string of the molecule is C/C=C(\CNCC)c1cc(C)no1.CC. The summed E-state index contributed by atoms with van der Waals surface area (Å²) in [7, 11) is 0. The molecule has 3 nitrogen and oxygen atoms in total. The van der Waals surface area contributed by atoms with Crippen LogP contribution in [0.5, 0.6) is 0 Å². The molecule has 0 saturated carbocycles. The normalized spacial score (nSPS) is 10.9. The quantitative estimate of drug-likeness (QED) is 0.830. The van der Waals surface area contributed by atoms with Crippen molar-refractivity contribution in [3.05, 3.63) is 23.6 Å². The average Bonchev–Trinajstić information content (AvgIpc) is 2.69. The lowest BCUT2D eigenvalue weighted by atomic mass is 10.2. The number of hydrogen-bond acceptors (Lipinski definition) is 3. The van der Waals surface area contributed by atoms with E-state index in [1.807, 2.05) is 39.8 Å². The van der Waals surface area contributed by atoms with Crippen molar-refractivity contribution in [2.75, 3.05) is 13.1 Å². The molecule has 0 aliphatic carbocycles. The van der Waals surface area contributed by atoms with Crippen molar-refractivity contribution < 1.29 is 4.52 Å². The third-order valence-electron chi connectivity index (χ3n) is 1.86. The van der Waals surface area contributed by atoms with Crippen LogP contribution in [0.1, 0.15) is 39.1 Å². The number of aromatic nitrogens is 1. The van der Waals surface area contributed by atoms with Crippen LogP contribution in [0.4, 0.5) is 0 Å². The van der Waals surface area contributed by atoms with Gasteiger partial charge in [-0.15, -0.1) is 0 Å². The highest BCUT2D eigenvalue weighted by molar-refractivity contribution is 5.62. The molecule has 1 N–H and O–H groups in total. The van der Waals surface area contributed by atoms with Crippen LogP contribution in [0.15, 0.2) is 16.7 Å². The second-order valence-electron chi connectivity index (χ2n) is 2.93. The van der Waals surface area contributed by atoms with Crippen LogP contribution in [0.25, 0.3) is 5.57 Å². The summed E-state index contributed by atoms with van der Waals surface area (Å²) in [4.78, 5) is 0. The lowest BCUT2D eigenvalue weighted by Crippen LogP contribution is -2.15. The van der Waals surface area contributed by atoms with E-state index in [0.717, 1.165) is 30.1 Å². The van der Waals surface area contributed by atoms with Crippen molar-refractivity contribution in [3.63, 3.8) is 0 Å². The minimum Gasteiger partial charge on any atom is -0.356 e.